The molecule has 0 spiro atoms. The average molecular weight is 302 g/mol. The van der Waals surface area contributed by atoms with Crippen LogP contribution in [-0.2, 0) is 19.7 Å². The summed E-state index contributed by atoms with van der Waals surface area (Å²) in [4.78, 5) is 24.1. The van der Waals surface area contributed by atoms with Crippen molar-refractivity contribution in [2.24, 2.45) is 0 Å². The predicted molar refractivity (Wildman–Crippen MR) is 84.9 cm³/mol. The molecule has 2 aliphatic rings. The first-order valence-corrected chi connectivity index (χ1v) is 7.84. The SMILES string of the molecule is CC1(C)C(=O)Nc2ccc(NC(=O)CC3CCCCO3)cc21. The molecule has 1 saturated heterocycles. The van der Waals surface area contributed by atoms with Gasteiger partial charge in [-0.2, -0.15) is 0 Å². The fraction of sp³-hybridized carbons (Fsp3) is 0.529. The van der Waals surface area contributed by atoms with E-state index in [4.69, 9.17) is 4.74 Å². The minimum atomic E-state index is -0.567. The van der Waals surface area contributed by atoms with Gasteiger partial charge in [0.05, 0.1) is 17.9 Å². The molecule has 1 unspecified atom stereocenters. The summed E-state index contributed by atoms with van der Waals surface area (Å²) in [6.45, 7) is 4.52. The molecule has 0 aromatic heterocycles. The molecule has 118 valence electrons. The number of rotatable bonds is 3. The van der Waals surface area contributed by atoms with Gasteiger partial charge in [0.25, 0.3) is 0 Å². The maximum atomic E-state index is 12.1. The lowest BCUT2D eigenvalue weighted by atomic mass is 9.86. The monoisotopic (exact) mass is 302 g/mol. The van der Waals surface area contributed by atoms with E-state index in [1.807, 2.05) is 32.0 Å². The van der Waals surface area contributed by atoms with E-state index in [-0.39, 0.29) is 17.9 Å². The second kappa shape index (κ2) is 5.72. The van der Waals surface area contributed by atoms with Crippen molar-refractivity contribution in [2.75, 3.05) is 17.2 Å². The summed E-state index contributed by atoms with van der Waals surface area (Å²) in [5, 5.41) is 5.78. The molecule has 0 saturated carbocycles. The Morgan fingerprint density at radius 2 is 2.23 bits per heavy atom. The lowest BCUT2D eigenvalue weighted by molar-refractivity contribution is -0.120. The first-order valence-electron chi connectivity index (χ1n) is 7.84. The van der Waals surface area contributed by atoms with Gasteiger partial charge < -0.3 is 15.4 Å². The normalized spacial score (nSPS) is 22.8. The third kappa shape index (κ3) is 2.86. The number of ether oxygens (including phenoxy) is 1. The Bertz CT molecular complexity index is 604. The number of benzene rings is 1. The van der Waals surface area contributed by atoms with Crippen molar-refractivity contribution in [2.45, 2.75) is 51.0 Å². The van der Waals surface area contributed by atoms with E-state index in [0.29, 0.717) is 6.42 Å². The number of hydrogen-bond acceptors (Lipinski definition) is 3. The molecule has 0 radical (unpaired) electrons. The number of nitrogens with one attached hydrogen (secondary N) is 2. The molecule has 2 heterocycles. The molecule has 0 bridgehead atoms. The Kier molecular flexibility index (Phi) is 3.91. The number of amides is 2. The van der Waals surface area contributed by atoms with Crippen molar-refractivity contribution in [3.63, 3.8) is 0 Å². The molecule has 5 nitrogen and oxygen atoms in total. The maximum absolute atomic E-state index is 12.1. The summed E-state index contributed by atoms with van der Waals surface area (Å²) in [5.41, 5.74) is 1.90. The first kappa shape index (κ1) is 15.0. The van der Waals surface area contributed by atoms with Crippen molar-refractivity contribution in [3.8, 4) is 0 Å². The Balaban J connectivity index is 1.68. The topological polar surface area (TPSA) is 67.4 Å². The first-order chi connectivity index (χ1) is 10.5. The Hall–Kier alpha value is -1.88. The highest BCUT2D eigenvalue weighted by Gasteiger charge is 2.38. The molecule has 22 heavy (non-hydrogen) atoms. The minimum Gasteiger partial charge on any atom is -0.378 e. The fourth-order valence-corrected chi connectivity index (χ4v) is 3.04. The lowest BCUT2D eigenvalue weighted by Gasteiger charge is -2.22. The second-order valence-corrected chi connectivity index (χ2v) is 6.58. The molecule has 5 heteroatoms. The minimum absolute atomic E-state index is 0.0124. The van der Waals surface area contributed by atoms with Gasteiger partial charge in [0.1, 0.15) is 0 Å². The number of anilines is 2. The van der Waals surface area contributed by atoms with E-state index in [2.05, 4.69) is 10.6 Å². The average Bonchev–Trinajstić information content (AvgIpc) is 2.71. The van der Waals surface area contributed by atoms with E-state index in [1.165, 1.54) is 0 Å². The van der Waals surface area contributed by atoms with Crippen molar-refractivity contribution >= 4 is 23.2 Å². The summed E-state index contributed by atoms with van der Waals surface area (Å²) in [6.07, 6.45) is 3.57. The Morgan fingerprint density at radius 1 is 1.41 bits per heavy atom. The molecule has 2 amide bonds. The number of hydrogen-bond donors (Lipinski definition) is 2. The third-order valence-electron chi connectivity index (χ3n) is 4.48. The van der Waals surface area contributed by atoms with Gasteiger partial charge in [-0.3, -0.25) is 9.59 Å². The zero-order chi connectivity index (χ0) is 15.7. The molecule has 2 aliphatic heterocycles. The van der Waals surface area contributed by atoms with E-state index in [0.717, 1.165) is 42.8 Å². The molecule has 1 atom stereocenters. The Labute approximate surface area is 130 Å². The van der Waals surface area contributed by atoms with Crippen molar-refractivity contribution in [3.05, 3.63) is 23.8 Å². The van der Waals surface area contributed by atoms with Gasteiger partial charge in [-0.15, -0.1) is 0 Å². The van der Waals surface area contributed by atoms with E-state index >= 15 is 0 Å². The van der Waals surface area contributed by atoms with Gasteiger partial charge in [-0.05, 0) is 56.9 Å². The van der Waals surface area contributed by atoms with Crippen LogP contribution in [0.4, 0.5) is 11.4 Å². The van der Waals surface area contributed by atoms with Crippen LogP contribution in [-0.4, -0.2) is 24.5 Å². The summed E-state index contributed by atoms with van der Waals surface area (Å²) in [7, 11) is 0. The van der Waals surface area contributed by atoms with Gasteiger partial charge in [0.2, 0.25) is 11.8 Å². The predicted octanol–water partition coefficient (Wildman–Crippen LogP) is 2.81. The van der Waals surface area contributed by atoms with E-state index in [9.17, 15) is 9.59 Å². The van der Waals surface area contributed by atoms with Crippen molar-refractivity contribution < 1.29 is 14.3 Å². The quantitative estimate of drug-likeness (QED) is 0.902. The van der Waals surface area contributed by atoms with Crippen LogP contribution in [0.15, 0.2) is 18.2 Å². The van der Waals surface area contributed by atoms with E-state index in [1.54, 1.807) is 0 Å². The van der Waals surface area contributed by atoms with Crippen LogP contribution < -0.4 is 10.6 Å². The summed E-state index contributed by atoms with van der Waals surface area (Å²) in [6, 6.07) is 5.54. The van der Waals surface area contributed by atoms with Crippen LogP contribution in [0.5, 0.6) is 0 Å². The van der Waals surface area contributed by atoms with Gasteiger partial charge >= 0.3 is 0 Å². The zero-order valence-electron chi connectivity index (χ0n) is 13.1. The number of fused-ring (bicyclic) bond motifs is 1. The van der Waals surface area contributed by atoms with Gasteiger partial charge in [0.15, 0.2) is 0 Å². The molecule has 1 aromatic rings. The highest BCUT2D eigenvalue weighted by molar-refractivity contribution is 6.06. The largest absolute Gasteiger partial charge is 0.378 e. The molecule has 2 N–H and O–H groups in total. The van der Waals surface area contributed by atoms with Crippen LogP contribution in [0.25, 0.3) is 0 Å². The lowest BCUT2D eigenvalue weighted by Crippen LogP contribution is -2.27. The molecule has 3 rings (SSSR count). The van der Waals surface area contributed by atoms with Crippen molar-refractivity contribution in [1.29, 1.82) is 0 Å². The van der Waals surface area contributed by atoms with Crippen LogP contribution in [0.2, 0.25) is 0 Å². The summed E-state index contributed by atoms with van der Waals surface area (Å²) in [5.74, 6) is -0.0523. The molecular formula is C17H22N2O3. The molecular weight excluding hydrogens is 280 g/mol. The van der Waals surface area contributed by atoms with Crippen molar-refractivity contribution in [1.82, 2.24) is 0 Å². The summed E-state index contributed by atoms with van der Waals surface area (Å²) < 4.78 is 5.59. The molecule has 0 aliphatic carbocycles. The van der Waals surface area contributed by atoms with Gasteiger partial charge in [-0.25, -0.2) is 0 Å². The summed E-state index contributed by atoms with van der Waals surface area (Å²) >= 11 is 0. The van der Waals surface area contributed by atoms with Crippen LogP contribution in [0.3, 0.4) is 0 Å². The van der Waals surface area contributed by atoms with Gasteiger partial charge in [-0.1, -0.05) is 0 Å². The maximum Gasteiger partial charge on any atom is 0.234 e. The van der Waals surface area contributed by atoms with Crippen LogP contribution in [0, 0.1) is 0 Å². The van der Waals surface area contributed by atoms with E-state index < -0.39 is 5.41 Å². The van der Waals surface area contributed by atoms with Crippen LogP contribution >= 0.6 is 0 Å². The van der Waals surface area contributed by atoms with Gasteiger partial charge in [0, 0.05) is 18.0 Å². The highest BCUT2D eigenvalue weighted by atomic mass is 16.5. The molecule has 1 fully saturated rings. The smallest absolute Gasteiger partial charge is 0.234 e. The zero-order valence-corrected chi connectivity index (χ0v) is 13.1. The number of carbonyl (C=O) groups excluding carboxylic acids is 2. The van der Waals surface area contributed by atoms with Crippen LogP contribution in [0.1, 0.15) is 45.1 Å². The number of carbonyl (C=O) groups is 2. The highest BCUT2D eigenvalue weighted by Crippen LogP contribution is 2.38. The Morgan fingerprint density at radius 3 is 2.95 bits per heavy atom. The third-order valence-corrected chi connectivity index (χ3v) is 4.48. The second-order valence-electron chi connectivity index (χ2n) is 6.58. The standard InChI is InChI=1S/C17H22N2O3/c1-17(2)13-9-11(6-7-14(13)19-16(17)21)18-15(20)10-12-5-3-4-8-22-12/h6-7,9,12H,3-5,8,10H2,1-2H3,(H,18,20)(H,19,21). The fourth-order valence-electron chi connectivity index (χ4n) is 3.04. The molecule has 1 aromatic carbocycles.